The molecule has 0 aliphatic heterocycles. The number of anilines is 2. The van der Waals surface area contributed by atoms with Crippen LogP contribution >= 0.6 is 27.5 Å². The molecule has 0 aromatic heterocycles. The summed E-state index contributed by atoms with van der Waals surface area (Å²) < 4.78 is 28.6. The molecule has 1 amide bonds. The van der Waals surface area contributed by atoms with Crippen molar-refractivity contribution in [2.75, 3.05) is 16.2 Å². The molecule has 3 aromatic rings. The average molecular weight is 508 g/mol. The molecule has 30 heavy (non-hydrogen) atoms. The molecule has 156 valence electrons. The molecule has 0 saturated heterocycles. The predicted octanol–water partition coefficient (Wildman–Crippen LogP) is 5.55. The van der Waals surface area contributed by atoms with E-state index in [1.165, 1.54) is 24.3 Å². The molecule has 0 radical (unpaired) electrons. The zero-order valence-electron chi connectivity index (χ0n) is 16.4. The molecule has 1 N–H and O–H groups in total. The number of benzene rings is 3. The van der Waals surface area contributed by atoms with Crippen LogP contribution in [0.2, 0.25) is 5.02 Å². The number of rotatable bonds is 6. The molecule has 5 nitrogen and oxygen atoms in total. The molecule has 0 heterocycles. The van der Waals surface area contributed by atoms with E-state index in [0.29, 0.717) is 16.4 Å². The molecule has 0 spiro atoms. The summed E-state index contributed by atoms with van der Waals surface area (Å²) in [6, 6.07) is 18.2. The molecule has 0 unspecified atom stereocenters. The van der Waals surface area contributed by atoms with Gasteiger partial charge in [0, 0.05) is 15.2 Å². The number of nitrogens with one attached hydrogen (secondary N) is 1. The second kappa shape index (κ2) is 9.20. The van der Waals surface area contributed by atoms with Crippen LogP contribution < -0.4 is 9.62 Å². The molecule has 0 saturated carbocycles. The highest BCUT2D eigenvalue weighted by molar-refractivity contribution is 9.10. The fraction of sp³-hybridized carbons (Fsp3) is 0.136. The van der Waals surface area contributed by atoms with E-state index in [-0.39, 0.29) is 11.4 Å². The molecule has 3 aromatic carbocycles. The Morgan fingerprint density at radius 1 is 1.00 bits per heavy atom. The lowest BCUT2D eigenvalue weighted by Gasteiger charge is -2.24. The normalized spacial score (nSPS) is 11.2. The predicted molar refractivity (Wildman–Crippen MR) is 125 cm³/mol. The Morgan fingerprint density at radius 2 is 1.63 bits per heavy atom. The van der Waals surface area contributed by atoms with E-state index in [1.807, 2.05) is 26.0 Å². The van der Waals surface area contributed by atoms with Crippen molar-refractivity contribution in [2.24, 2.45) is 0 Å². The summed E-state index contributed by atoms with van der Waals surface area (Å²) in [5.74, 6) is -0.449. The maximum Gasteiger partial charge on any atom is 0.264 e. The summed E-state index contributed by atoms with van der Waals surface area (Å²) in [4.78, 5) is 12.8. The number of sulfonamides is 1. The maximum atomic E-state index is 13.3. The maximum absolute atomic E-state index is 13.3. The van der Waals surface area contributed by atoms with Crippen LogP contribution in [0.4, 0.5) is 11.4 Å². The van der Waals surface area contributed by atoms with Gasteiger partial charge in [-0.25, -0.2) is 8.42 Å². The van der Waals surface area contributed by atoms with Crippen LogP contribution in [0.1, 0.15) is 11.1 Å². The first kappa shape index (κ1) is 22.3. The third kappa shape index (κ3) is 5.22. The first-order valence-corrected chi connectivity index (χ1v) is 11.7. The molecule has 0 fully saturated rings. The number of halogens is 2. The quantitative estimate of drug-likeness (QED) is 0.475. The number of nitrogens with zero attached hydrogens (tertiary/aromatic N) is 1. The van der Waals surface area contributed by atoms with Gasteiger partial charge in [0.05, 0.1) is 10.6 Å². The number of carbonyl (C=O) groups excluding carboxylic acids is 1. The van der Waals surface area contributed by atoms with E-state index in [9.17, 15) is 13.2 Å². The van der Waals surface area contributed by atoms with Crippen LogP contribution in [-0.4, -0.2) is 20.9 Å². The Morgan fingerprint density at radius 3 is 2.23 bits per heavy atom. The van der Waals surface area contributed by atoms with E-state index < -0.39 is 15.9 Å². The van der Waals surface area contributed by atoms with Crippen LogP contribution in [0.5, 0.6) is 0 Å². The standard InChI is InChI=1S/C22H20BrClN2O3S/c1-15-3-8-19(9-4-15)26(30(28,29)20-10-5-17(24)6-11-20)14-22(27)25-18-7-12-21(23)16(2)13-18/h3-13H,14H2,1-2H3,(H,25,27). The molecule has 0 aliphatic carbocycles. The molecule has 3 rings (SSSR count). The van der Waals surface area contributed by atoms with Gasteiger partial charge >= 0.3 is 0 Å². The average Bonchev–Trinajstić information content (AvgIpc) is 2.70. The summed E-state index contributed by atoms with van der Waals surface area (Å²) in [7, 11) is -3.98. The highest BCUT2D eigenvalue weighted by Crippen LogP contribution is 2.26. The first-order valence-electron chi connectivity index (χ1n) is 9.08. The monoisotopic (exact) mass is 506 g/mol. The number of carbonyl (C=O) groups is 1. The second-order valence-corrected chi connectivity index (χ2v) is 9.97. The minimum Gasteiger partial charge on any atom is -0.325 e. The van der Waals surface area contributed by atoms with E-state index in [0.717, 1.165) is 19.9 Å². The molecule has 0 aliphatic rings. The lowest BCUT2D eigenvalue weighted by molar-refractivity contribution is -0.114. The van der Waals surface area contributed by atoms with Crippen molar-refractivity contribution in [1.29, 1.82) is 0 Å². The second-order valence-electron chi connectivity index (χ2n) is 6.81. The van der Waals surface area contributed by atoms with Crippen molar-refractivity contribution < 1.29 is 13.2 Å². The first-order chi connectivity index (χ1) is 14.2. The topological polar surface area (TPSA) is 66.5 Å². The van der Waals surface area contributed by atoms with Crippen molar-refractivity contribution >= 4 is 54.8 Å². The summed E-state index contributed by atoms with van der Waals surface area (Å²) in [6.45, 7) is 3.44. The van der Waals surface area contributed by atoms with Gasteiger partial charge in [-0.1, -0.05) is 45.2 Å². The minimum absolute atomic E-state index is 0.0553. The summed E-state index contributed by atoms with van der Waals surface area (Å²) in [5, 5.41) is 3.20. The van der Waals surface area contributed by atoms with Gasteiger partial charge in [-0.05, 0) is 74.0 Å². The van der Waals surface area contributed by atoms with Crippen LogP contribution in [0, 0.1) is 13.8 Å². The van der Waals surface area contributed by atoms with Crippen molar-refractivity contribution in [1.82, 2.24) is 0 Å². The highest BCUT2D eigenvalue weighted by Gasteiger charge is 2.27. The largest absolute Gasteiger partial charge is 0.325 e. The molecule has 8 heteroatoms. The third-order valence-corrected chi connectivity index (χ3v) is 7.38. The third-order valence-electron chi connectivity index (χ3n) is 4.45. The fourth-order valence-electron chi connectivity index (χ4n) is 2.81. The van der Waals surface area contributed by atoms with Crippen molar-refractivity contribution in [3.05, 3.63) is 87.4 Å². The molecular weight excluding hydrogens is 488 g/mol. The Labute approximate surface area is 189 Å². The van der Waals surface area contributed by atoms with Crippen molar-refractivity contribution in [3.63, 3.8) is 0 Å². The van der Waals surface area contributed by atoms with Crippen LogP contribution in [0.15, 0.2) is 76.1 Å². The van der Waals surface area contributed by atoms with Crippen molar-refractivity contribution in [2.45, 2.75) is 18.7 Å². The summed E-state index contributed by atoms with van der Waals surface area (Å²) >= 11 is 9.32. The van der Waals surface area contributed by atoms with Gasteiger partial charge in [0.25, 0.3) is 10.0 Å². The van der Waals surface area contributed by atoms with Gasteiger partial charge in [-0.3, -0.25) is 9.10 Å². The van der Waals surface area contributed by atoms with Crippen LogP contribution in [0.25, 0.3) is 0 Å². The zero-order chi connectivity index (χ0) is 21.9. The minimum atomic E-state index is -3.98. The van der Waals surface area contributed by atoms with Gasteiger partial charge < -0.3 is 5.32 Å². The molecule has 0 bridgehead atoms. The van der Waals surface area contributed by atoms with Gasteiger partial charge in [0.1, 0.15) is 6.54 Å². The Balaban J connectivity index is 1.93. The molecule has 0 atom stereocenters. The zero-order valence-corrected chi connectivity index (χ0v) is 19.6. The summed E-state index contributed by atoms with van der Waals surface area (Å²) in [6.07, 6.45) is 0. The number of aryl methyl sites for hydroxylation is 2. The van der Waals surface area contributed by atoms with E-state index in [1.54, 1.807) is 30.3 Å². The van der Waals surface area contributed by atoms with Crippen LogP contribution in [0.3, 0.4) is 0 Å². The van der Waals surface area contributed by atoms with Gasteiger partial charge in [-0.15, -0.1) is 0 Å². The van der Waals surface area contributed by atoms with Gasteiger partial charge in [-0.2, -0.15) is 0 Å². The van der Waals surface area contributed by atoms with Crippen LogP contribution in [-0.2, 0) is 14.8 Å². The smallest absolute Gasteiger partial charge is 0.264 e. The van der Waals surface area contributed by atoms with Gasteiger partial charge in [0.15, 0.2) is 0 Å². The van der Waals surface area contributed by atoms with E-state index >= 15 is 0 Å². The fourth-order valence-corrected chi connectivity index (χ4v) is 4.61. The molecular formula is C22H20BrClN2O3S. The Kier molecular flexibility index (Phi) is 6.85. The summed E-state index contributed by atoms with van der Waals surface area (Å²) in [5.41, 5.74) is 2.93. The number of amides is 1. The Hall–Kier alpha value is -2.35. The number of hydrogen-bond acceptors (Lipinski definition) is 3. The van der Waals surface area contributed by atoms with Gasteiger partial charge in [0.2, 0.25) is 5.91 Å². The SMILES string of the molecule is Cc1ccc(N(CC(=O)Nc2ccc(Br)c(C)c2)S(=O)(=O)c2ccc(Cl)cc2)cc1. The number of hydrogen-bond donors (Lipinski definition) is 1. The highest BCUT2D eigenvalue weighted by atomic mass is 79.9. The van der Waals surface area contributed by atoms with E-state index in [4.69, 9.17) is 11.6 Å². The van der Waals surface area contributed by atoms with Crippen molar-refractivity contribution in [3.8, 4) is 0 Å². The Bertz CT molecular complexity index is 1160. The van der Waals surface area contributed by atoms with E-state index in [2.05, 4.69) is 21.2 Å². The lowest BCUT2D eigenvalue weighted by Crippen LogP contribution is -2.38. The lowest BCUT2D eigenvalue weighted by atomic mass is 10.2.